The molecule has 1 amide bonds. The standard InChI is InChI=1S/C25H34N2O/c1-24-11-4-14-27-23(28)15-18(24)6-7-19-21-9-8-20(17-5-3-13-26-16-17)25(21,2)12-10-22(19)24/h3,5,8,13,16,18-19,21-22H,4,6-7,9-12,14-15H2,1-2H3,(H,27,28)/t18-,19-,21-,22-,24-,25+/m0/s1. The quantitative estimate of drug-likeness (QED) is 0.727. The second-order valence-electron chi connectivity index (χ2n) is 10.4. The largest absolute Gasteiger partial charge is 0.356 e. The first-order valence-electron chi connectivity index (χ1n) is 11.4. The Bertz CT molecular complexity index is 787. The fourth-order valence-electron chi connectivity index (χ4n) is 7.79. The molecule has 1 saturated heterocycles. The number of rotatable bonds is 1. The Morgan fingerprint density at radius 1 is 1.14 bits per heavy atom. The Morgan fingerprint density at radius 3 is 2.86 bits per heavy atom. The number of nitrogens with one attached hydrogen (secondary N) is 1. The van der Waals surface area contributed by atoms with Gasteiger partial charge in [-0.25, -0.2) is 0 Å². The molecule has 0 radical (unpaired) electrons. The highest BCUT2D eigenvalue weighted by molar-refractivity contribution is 5.76. The minimum atomic E-state index is 0.288. The SMILES string of the molecule is C[C@]12CCCNC(=O)C[C@@H]1CC[C@@H]1[C@@H]2CC[C@]2(C)C(c3cccnc3)=CC[C@@H]12. The summed E-state index contributed by atoms with van der Waals surface area (Å²) in [5.74, 6) is 3.23. The Kier molecular flexibility index (Phi) is 4.41. The summed E-state index contributed by atoms with van der Waals surface area (Å²) < 4.78 is 0. The summed E-state index contributed by atoms with van der Waals surface area (Å²) in [5, 5.41) is 3.12. The van der Waals surface area contributed by atoms with E-state index in [1.807, 2.05) is 6.20 Å². The first-order chi connectivity index (χ1) is 13.5. The highest BCUT2D eigenvalue weighted by atomic mass is 16.1. The molecule has 0 spiro atoms. The number of hydrogen-bond donors (Lipinski definition) is 1. The van der Waals surface area contributed by atoms with Crippen molar-refractivity contribution < 1.29 is 4.79 Å². The molecule has 6 atom stereocenters. The molecule has 3 fully saturated rings. The highest BCUT2D eigenvalue weighted by Crippen LogP contribution is 2.66. The van der Waals surface area contributed by atoms with Crippen LogP contribution in [0.5, 0.6) is 0 Å². The van der Waals surface area contributed by atoms with Gasteiger partial charge in [-0.3, -0.25) is 9.78 Å². The summed E-state index contributed by atoms with van der Waals surface area (Å²) in [5.41, 5.74) is 3.52. The summed E-state index contributed by atoms with van der Waals surface area (Å²) in [7, 11) is 0. The van der Waals surface area contributed by atoms with Crippen LogP contribution in [0, 0.1) is 34.5 Å². The number of carbonyl (C=O) groups is 1. The number of nitrogens with zero attached hydrogens (tertiary/aromatic N) is 1. The Morgan fingerprint density at radius 2 is 2.04 bits per heavy atom. The van der Waals surface area contributed by atoms with Gasteiger partial charge in [-0.15, -0.1) is 0 Å². The molecule has 1 aromatic heterocycles. The molecule has 3 heteroatoms. The number of hydrogen-bond acceptors (Lipinski definition) is 2. The van der Waals surface area contributed by atoms with Gasteiger partial charge in [-0.05, 0) is 96.7 Å². The molecule has 0 aromatic carbocycles. The fourth-order valence-corrected chi connectivity index (χ4v) is 7.79. The van der Waals surface area contributed by atoms with Gasteiger partial charge in [0.1, 0.15) is 0 Å². The molecule has 1 aliphatic heterocycles. The second-order valence-corrected chi connectivity index (χ2v) is 10.4. The number of pyridine rings is 1. The Balaban J connectivity index is 1.44. The van der Waals surface area contributed by atoms with Crippen LogP contribution in [0.25, 0.3) is 5.57 Å². The van der Waals surface area contributed by atoms with Gasteiger partial charge in [-0.1, -0.05) is 26.0 Å². The monoisotopic (exact) mass is 378 g/mol. The maximum absolute atomic E-state index is 12.3. The van der Waals surface area contributed by atoms with Crippen LogP contribution in [0.2, 0.25) is 0 Å². The van der Waals surface area contributed by atoms with Crippen LogP contribution in [-0.2, 0) is 4.79 Å². The van der Waals surface area contributed by atoms with E-state index in [4.69, 9.17) is 0 Å². The highest BCUT2D eigenvalue weighted by Gasteiger charge is 2.57. The van der Waals surface area contributed by atoms with Crippen molar-refractivity contribution in [1.82, 2.24) is 10.3 Å². The van der Waals surface area contributed by atoms with Gasteiger partial charge in [-0.2, -0.15) is 0 Å². The molecule has 0 bridgehead atoms. The molecule has 150 valence electrons. The predicted molar refractivity (Wildman–Crippen MR) is 112 cm³/mol. The van der Waals surface area contributed by atoms with Crippen LogP contribution in [0.3, 0.4) is 0 Å². The molecule has 1 aromatic rings. The summed E-state index contributed by atoms with van der Waals surface area (Å²) in [6.07, 6.45) is 16.0. The van der Waals surface area contributed by atoms with Crippen LogP contribution < -0.4 is 5.32 Å². The van der Waals surface area contributed by atoms with Gasteiger partial charge in [0.2, 0.25) is 5.91 Å². The smallest absolute Gasteiger partial charge is 0.220 e. The molecule has 2 heterocycles. The van der Waals surface area contributed by atoms with E-state index in [1.54, 1.807) is 5.57 Å². The van der Waals surface area contributed by atoms with E-state index in [-0.39, 0.29) is 5.91 Å². The van der Waals surface area contributed by atoms with Crippen molar-refractivity contribution in [2.45, 2.75) is 65.2 Å². The average Bonchev–Trinajstić information content (AvgIpc) is 3.04. The van der Waals surface area contributed by atoms with E-state index >= 15 is 0 Å². The van der Waals surface area contributed by atoms with Crippen LogP contribution >= 0.6 is 0 Å². The van der Waals surface area contributed by atoms with E-state index in [0.29, 0.717) is 16.7 Å². The third-order valence-electron chi connectivity index (χ3n) is 9.26. The van der Waals surface area contributed by atoms with Crippen LogP contribution in [0.4, 0.5) is 0 Å². The summed E-state index contributed by atoms with van der Waals surface area (Å²) in [4.78, 5) is 16.7. The molecule has 2 saturated carbocycles. The normalized spacial score (nSPS) is 42.9. The topological polar surface area (TPSA) is 42.0 Å². The zero-order valence-electron chi connectivity index (χ0n) is 17.4. The molecule has 3 aliphatic carbocycles. The molecule has 1 N–H and O–H groups in total. The second kappa shape index (κ2) is 6.71. The summed E-state index contributed by atoms with van der Waals surface area (Å²) >= 11 is 0. The molecule has 0 unspecified atom stereocenters. The van der Waals surface area contributed by atoms with E-state index in [2.05, 4.69) is 48.6 Å². The summed E-state index contributed by atoms with van der Waals surface area (Å²) in [6, 6.07) is 4.31. The zero-order chi connectivity index (χ0) is 19.4. The van der Waals surface area contributed by atoms with E-state index in [0.717, 1.165) is 37.1 Å². The zero-order valence-corrected chi connectivity index (χ0v) is 17.4. The van der Waals surface area contributed by atoms with Gasteiger partial charge in [0.05, 0.1) is 0 Å². The number of fused-ring (bicyclic) bond motifs is 5. The minimum absolute atomic E-state index is 0.288. The van der Waals surface area contributed by atoms with Gasteiger partial charge < -0.3 is 5.32 Å². The van der Waals surface area contributed by atoms with Crippen molar-refractivity contribution >= 4 is 11.5 Å². The van der Waals surface area contributed by atoms with Crippen molar-refractivity contribution in [2.75, 3.05) is 6.54 Å². The summed E-state index contributed by atoms with van der Waals surface area (Å²) in [6.45, 7) is 5.94. The molecule has 3 nitrogen and oxygen atoms in total. The van der Waals surface area contributed by atoms with E-state index in [9.17, 15) is 4.79 Å². The average molecular weight is 379 g/mol. The van der Waals surface area contributed by atoms with Crippen LogP contribution in [-0.4, -0.2) is 17.4 Å². The van der Waals surface area contributed by atoms with Gasteiger partial charge in [0.25, 0.3) is 0 Å². The van der Waals surface area contributed by atoms with Gasteiger partial charge >= 0.3 is 0 Å². The van der Waals surface area contributed by atoms with Gasteiger partial charge in [0.15, 0.2) is 0 Å². The molecular weight excluding hydrogens is 344 g/mol. The Labute approximate surface area is 169 Å². The van der Waals surface area contributed by atoms with E-state index in [1.165, 1.54) is 44.1 Å². The molecule has 28 heavy (non-hydrogen) atoms. The predicted octanol–water partition coefficient (Wildman–Crippen LogP) is 5.23. The first-order valence-corrected chi connectivity index (χ1v) is 11.4. The minimum Gasteiger partial charge on any atom is -0.356 e. The number of amides is 1. The third-order valence-corrected chi connectivity index (χ3v) is 9.26. The van der Waals surface area contributed by atoms with Crippen molar-refractivity contribution in [3.63, 3.8) is 0 Å². The number of carbonyl (C=O) groups excluding carboxylic acids is 1. The lowest BCUT2D eigenvalue weighted by Gasteiger charge is -2.59. The van der Waals surface area contributed by atoms with Crippen molar-refractivity contribution in [1.29, 1.82) is 0 Å². The van der Waals surface area contributed by atoms with Crippen molar-refractivity contribution in [3.8, 4) is 0 Å². The van der Waals surface area contributed by atoms with Crippen LogP contribution in [0.1, 0.15) is 70.8 Å². The molecule has 4 aliphatic rings. The van der Waals surface area contributed by atoms with Crippen molar-refractivity contribution in [2.24, 2.45) is 34.5 Å². The Hall–Kier alpha value is -1.64. The maximum Gasteiger partial charge on any atom is 0.220 e. The molecular formula is C25H34N2O. The lowest BCUT2D eigenvalue weighted by molar-refractivity contribution is -0.130. The van der Waals surface area contributed by atoms with Crippen LogP contribution in [0.15, 0.2) is 30.6 Å². The lowest BCUT2D eigenvalue weighted by atomic mass is 9.45. The maximum atomic E-state index is 12.3. The first kappa shape index (κ1) is 18.4. The number of allylic oxidation sites excluding steroid dienone is 2. The lowest BCUT2D eigenvalue weighted by Crippen LogP contribution is -2.53. The van der Waals surface area contributed by atoms with Crippen molar-refractivity contribution in [3.05, 3.63) is 36.2 Å². The van der Waals surface area contributed by atoms with E-state index < -0.39 is 0 Å². The number of aromatic nitrogens is 1. The molecule has 5 rings (SSSR count). The third kappa shape index (κ3) is 2.69. The van der Waals surface area contributed by atoms with Gasteiger partial charge in [0, 0.05) is 25.4 Å². The fraction of sp³-hybridized carbons (Fsp3) is 0.680.